The van der Waals surface area contributed by atoms with Gasteiger partial charge in [0.1, 0.15) is 11.9 Å². The normalized spacial score (nSPS) is 13.2. The van der Waals surface area contributed by atoms with Crippen LogP contribution in [0.15, 0.2) is 24.5 Å². The van der Waals surface area contributed by atoms with Crippen LogP contribution >= 0.6 is 0 Å². The highest BCUT2D eigenvalue weighted by Gasteiger charge is 2.24. The Bertz CT molecular complexity index is 1170. The molecule has 0 bridgehead atoms. The predicted octanol–water partition coefficient (Wildman–Crippen LogP) is 2.77. The lowest BCUT2D eigenvalue weighted by atomic mass is 9.96. The largest absolute Gasteiger partial charge is 0.493 e. The average molecular weight is 483 g/mol. The van der Waals surface area contributed by atoms with Crippen molar-refractivity contribution in [3.05, 3.63) is 30.4 Å². The fourth-order valence-electron chi connectivity index (χ4n) is 3.21. The van der Waals surface area contributed by atoms with E-state index in [4.69, 9.17) is 25.2 Å². The minimum absolute atomic E-state index is 0.116. The molecule has 0 saturated heterocycles. The summed E-state index contributed by atoms with van der Waals surface area (Å²) < 4.78 is 10.4. The molecular weight excluding hydrogens is 448 g/mol. The number of anilines is 2. The second-order valence-electron chi connectivity index (χ2n) is 9.30. The predicted molar refractivity (Wildman–Crippen MR) is 135 cm³/mol. The fourth-order valence-corrected chi connectivity index (χ4v) is 3.21. The molecule has 0 saturated carbocycles. The Kier molecular flexibility index (Phi) is 7.90. The molecule has 0 aromatic carbocycles. The van der Waals surface area contributed by atoms with E-state index in [-0.39, 0.29) is 17.4 Å². The van der Waals surface area contributed by atoms with Gasteiger partial charge >= 0.3 is 0 Å². The van der Waals surface area contributed by atoms with Crippen molar-refractivity contribution in [1.29, 1.82) is 0 Å². The van der Waals surface area contributed by atoms with E-state index < -0.39 is 6.10 Å². The summed E-state index contributed by atoms with van der Waals surface area (Å²) in [6.45, 7) is 10.2. The number of H-pyrrole nitrogens is 1. The molecule has 11 heteroatoms. The summed E-state index contributed by atoms with van der Waals surface area (Å²) in [5.74, 6) is 1.82. The van der Waals surface area contributed by atoms with Crippen LogP contribution in [0.5, 0.6) is 5.75 Å². The number of aromatic amines is 1. The summed E-state index contributed by atoms with van der Waals surface area (Å²) in [7, 11) is 3.04. The quantitative estimate of drug-likeness (QED) is 0.360. The number of pyridine rings is 1. The molecule has 5 N–H and O–H groups in total. The third kappa shape index (κ3) is 6.24. The number of carbonyl (C=O) groups is 1. The molecular formula is C24H34N8O3. The summed E-state index contributed by atoms with van der Waals surface area (Å²) in [6, 6.07) is 3.50. The molecule has 3 heterocycles. The van der Waals surface area contributed by atoms with Gasteiger partial charge in [0, 0.05) is 43.1 Å². The Labute approximate surface area is 205 Å². The maximum atomic E-state index is 12.0. The number of hydrogen-bond acceptors (Lipinski definition) is 9. The van der Waals surface area contributed by atoms with Gasteiger partial charge in [0.15, 0.2) is 11.6 Å². The van der Waals surface area contributed by atoms with Crippen molar-refractivity contribution >= 4 is 17.7 Å². The molecule has 0 aliphatic carbocycles. The number of methoxy groups -OCH3 is 2. The molecule has 35 heavy (non-hydrogen) atoms. The van der Waals surface area contributed by atoms with Crippen LogP contribution in [0.3, 0.4) is 0 Å². The van der Waals surface area contributed by atoms with Gasteiger partial charge in [-0.25, -0.2) is 19.9 Å². The van der Waals surface area contributed by atoms with Gasteiger partial charge in [-0.1, -0.05) is 20.8 Å². The van der Waals surface area contributed by atoms with Crippen molar-refractivity contribution in [2.45, 2.75) is 52.2 Å². The van der Waals surface area contributed by atoms with Crippen molar-refractivity contribution < 1.29 is 14.3 Å². The van der Waals surface area contributed by atoms with Crippen LogP contribution in [0.1, 0.15) is 40.4 Å². The topological polar surface area (TPSA) is 153 Å². The van der Waals surface area contributed by atoms with Crippen molar-refractivity contribution in [3.8, 4) is 28.4 Å². The Morgan fingerprint density at radius 1 is 1.20 bits per heavy atom. The van der Waals surface area contributed by atoms with Crippen LogP contribution in [0.2, 0.25) is 0 Å². The molecule has 0 radical (unpaired) electrons. The summed E-state index contributed by atoms with van der Waals surface area (Å²) in [4.78, 5) is 33.5. The fraction of sp³-hybridized carbons (Fsp3) is 0.458. The summed E-state index contributed by atoms with van der Waals surface area (Å²) >= 11 is 0. The molecule has 0 unspecified atom stereocenters. The maximum Gasteiger partial charge on any atom is 0.248 e. The van der Waals surface area contributed by atoms with Gasteiger partial charge in [-0.05, 0) is 26.0 Å². The first-order valence-electron chi connectivity index (χ1n) is 11.3. The number of amides is 1. The second-order valence-corrected chi connectivity index (χ2v) is 9.30. The first-order chi connectivity index (χ1) is 16.5. The lowest BCUT2D eigenvalue weighted by molar-refractivity contribution is -0.130. The molecule has 11 nitrogen and oxygen atoms in total. The molecule has 2 atom stereocenters. The van der Waals surface area contributed by atoms with E-state index in [1.807, 2.05) is 13.0 Å². The van der Waals surface area contributed by atoms with Crippen LogP contribution in [0, 0.1) is 0 Å². The van der Waals surface area contributed by atoms with Crippen LogP contribution in [-0.4, -0.2) is 63.7 Å². The van der Waals surface area contributed by atoms with Crippen molar-refractivity contribution in [2.75, 3.05) is 31.8 Å². The van der Waals surface area contributed by atoms with Gasteiger partial charge in [0.2, 0.25) is 11.9 Å². The minimum atomic E-state index is -0.515. The SMILES string of the molecule is COc1cc(-c2nc(C(C)(C)C)[nH]c2-c2ccnc(N[C@@H](C)CNC(=O)[C@H](C)OC)n2)cnc1N. The van der Waals surface area contributed by atoms with E-state index >= 15 is 0 Å². The van der Waals surface area contributed by atoms with Crippen LogP contribution in [0.25, 0.3) is 22.6 Å². The van der Waals surface area contributed by atoms with Crippen molar-refractivity contribution in [2.24, 2.45) is 0 Å². The van der Waals surface area contributed by atoms with E-state index in [9.17, 15) is 4.79 Å². The van der Waals surface area contributed by atoms with Crippen molar-refractivity contribution in [3.63, 3.8) is 0 Å². The van der Waals surface area contributed by atoms with Gasteiger partial charge in [-0.15, -0.1) is 0 Å². The number of nitrogens with two attached hydrogens (primary N) is 1. The molecule has 188 valence electrons. The molecule has 0 aliphatic rings. The number of rotatable bonds is 9. The monoisotopic (exact) mass is 482 g/mol. The number of imidazole rings is 1. The van der Waals surface area contributed by atoms with E-state index in [0.29, 0.717) is 35.4 Å². The number of aromatic nitrogens is 5. The van der Waals surface area contributed by atoms with Crippen LogP contribution < -0.4 is 21.1 Å². The molecule has 0 fully saturated rings. The first kappa shape index (κ1) is 25.9. The molecule has 1 amide bonds. The first-order valence-corrected chi connectivity index (χ1v) is 11.3. The van der Waals surface area contributed by atoms with Crippen LogP contribution in [0.4, 0.5) is 11.8 Å². The lowest BCUT2D eigenvalue weighted by Gasteiger charge is -2.16. The third-order valence-electron chi connectivity index (χ3n) is 5.38. The second kappa shape index (κ2) is 10.7. The smallest absolute Gasteiger partial charge is 0.248 e. The summed E-state index contributed by atoms with van der Waals surface area (Å²) in [6.07, 6.45) is 2.82. The zero-order valence-electron chi connectivity index (χ0n) is 21.3. The number of hydrogen-bond donors (Lipinski definition) is 4. The van der Waals surface area contributed by atoms with E-state index in [2.05, 4.69) is 46.4 Å². The summed E-state index contributed by atoms with van der Waals surface area (Å²) in [5.41, 5.74) is 8.49. The van der Waals surface area contributed by atoms with E-state index in [1.165, 1.54) is 7.11 Å². The molecule has 0 spiro atoms. The van der Waals surface area contributed by atoms with E-state index in [0.717, 1.165) is 17.1 Å². The molecule has 3 aromatic rings. The number of ether oxygens (including phenoxy) is 2. The third-order valence-corrected chi connectivity index (χ3v) is 5.38. The maximum absolute atomic E-state index is 12.0. The zero-order chi connectivity index (χ0) is 25.8. The van der Waals surface area contributed by atoms with Crippen LogP contribution in [-0.2, 0) is 14.9 Å². The Balaban J connectivity index is 1.91. The standard InChI is InChI=1S/C24H34N8O3/c1-13(11-28-21(33)14(2)34-6)29-23-26-9-8-16(30-23)19-18(31-22(32-19)24(3,4)5)15-10-17(35-7)20(25)27-12-15/h8-10,12-14H,11H2,1-7H3,(H2,25,27)(H,28,33)(H,31,32)(H,26,29,30)/t13-,14-/m0/s1. The number of carbonyl (C=O) groups excluding carboxylic acids is 1. The van der Waals surface area contributed by atoms with Gasteiger partial charge in [-0.3, -0.25) is 4.79 Å². The van der Waals surface area contributed by atoms with Gasteiger partial charge in [0.25, 0.3) is 0 Å². The zero-order valence-corrected chi connectivity index (χ0v) is 21.3. The average Bonchev–Trinajstić information content (AvgIpc) is 3.29. The number of nitrogens with zero attached hydrogens (tertiary/aromatic N) is 4. The Hall–Kier alpha value is -3.73. The Morgan fingerprint density at radius 2 is 1.94 bits per heavy atom. The molecule has 3 aromatic heterocycles. The van der Waals surface area contributed by atoms with Crippen molar-refractivity contribution in [1.82, 2.24) is 30.2 Å². The number of nitrogens with one attached hydrogen (secondary N) is 3. The highest BCUT2D eigenvalue weighted by atomic mass is 16.5. The van der Waals surface area contributed by atoms with E-state index in [1.54, 1.807) is 32.5 Å². The van der Waals surface area contributed by atoms with Gasteiger partial charge in [0.05, 0.1) is 24.2 Å². The highest BCUT2D eigenvalue weighted by Crippen LogP contribution is 2.34. The summed E-state index contributed by atoms with van der Waals surface area (Å²) in [5, 5.41) is 6.06. The lowest BCUT2D eigenvalue weighted by Crippen LogP contribution is -2.40. The minimum Gasteiger partial charge on any atom is -0.493 e. The molecule has 3 rings (SSSR count). The highest BCUT2D eigenvalue weighted by molar-refractivity contribution is 5.80. The van der Waals surface area contributed by atoms with Gasteiger partial charge < -0.3 is 30.8 Å². The van der Waals surface area contributed by atoms with Gasteiger partial charge in [-0.2, -0.15) is 0 Å². The Morgan fingerprint density at radius 3 is 2.60 bits per heavy atom. The molecule has 0 aliphatic heterocycles. The number of nitrogen functional groups attached to an aromatic ring is 1.